The Kier molecular flexibility index (Phi) is 4.76. The number of morpholine rings is 1. The van der Waals surface area contributed by atoms with Crippen molar-refractivity contribution >= 4 is 23.7 Å². The summed E-state index contributed by atoms with van der Waals surface area (Å²) in [5.41, 5.74) is 0.878. The Bertz CT molecular complexity index is 866. The molecule has 27 heavy (non-hydrogen) atoms. The van der Waals surface area contributed by atoms with Gasteiger partial charge in [0.05, 0.1) is 18.7 Å². The molecule has 9 nitrogen and oxygen atoms in total. The highest BCUT2D eigenvalue weighted by Crippen LogP contribution is 2.18. The van der Waals surface area contributed by atoms with Crippen LogP contribution in [0.25, 0.3) is 5.52 Å². The molecule has 0 spiro atoms. The second-order valence-electron chi connectivity index (χ2n) is 6.58. The maximum absolute atomic E-state index is 13.0. The zero-order chi connectivity index (χ0) is 18.8. The molecule has 0 saturated carbocycles. The molecule has 9 heteroatoms. The van der Waals surface area contributed by atoms with Crippen LogP contribution in [0.15, 0.2) is 24.4 Å². The van der Waals surface area contributed by atoms with Crippen LogP contribution in [-0.2, 0) is 9.53 Å². The smallest absolute Gasteiger partial charge is 0.290 e. The summed E-state index contributed by atoms with van der Waals surface area (Å²) in [6, 6.07) is 5.42. The minimum atomic E-state index is -0.217. The molecule has 0 aliphatic carbocycles. The van der Waals surface area contributed by atoms with E-state index in [0.29, 0.717) is 58.0 Å². The maximum atomic E-state index is 13.0. The molecule has 2 aromatic rings. The molecular weight excluding hydrogens is 350 g/mol. The van der Waals surface area contributed by atoms with Crippen LogP contribution in [-0.4, -0.2) is 94.8 Å². The Morgan fingerprint density at radius 2 is 1.67 bits per heavy atom. The average Bonchev–Trinajstić information content (AvgIpc) is 3.13. The first-order valence-electron chi connectivity index (χ1n) is 9.02. The summed E-state index contributed by atoms with van der Waals surface area (Å²) >= 11 is 0. The van der Waals surface area contributed by atoms with Crippen molar-refractivity contribution in [1.82, 2.24) is 24.1 Å². The summed E-state index contributed by atoms with van der Waals surface area (Å²) in [5, 5.41) is 0. The average molecular weight is 371 g/mol. The molecule has 2 aliphatic rings. The van der Waals surface area contributed by atoms with Crippen LogP contribution >= 0.6 is 0 Å². The lowest BCUT2D eigenvalue weighted by Gasteiger charge is -2.32. The summed E-state index contributed by atoms with van der Waals surface area (Å²) in [5.74, 6) is -0.183. The summed E-state index contributed by atoms with van der Waals surface area (Å²) < 4.78 is 6.98. The van der Waals surface area contributed by atoms with Crippen molar-refractivity contribution in [1.29, 1.82) is 0 Å². The fourth-order valence-corrected chi connectivity index (χ4v) is 3.43. The van der Waals surface area contributed by atoms with E-state index in [1.807, 2.05) is 12.1 Å². The van der Waals surface area contributed by atoms with Gasteiger partial charge in [-0.2, -0.15) is 0 Å². The Hall–Kier alpha value is -2.94. The van der Waals surface area contributed by atoms with Crippen molar-refractivity contribution in [2.45, 2.75) is 0 Å². The summed E-state index contributed by atoms with van der Waals surface area (Å²) in [4.78, 5) is 46.3. The van der Waals surface area contributed by atoms with Gasteiger partial charge in [-0.15, -0.1) is 0 Å². The first-order valence-corrected chi connectivity index (χ1v) is 9.02. The van der Waals surface area contributed by atoms with Crippen molar-refractivity contribution in [2.75, 3.05) is 52.5 Å². The zero-order valence-electron chi connectivity index (χ0n) is 14.9. The minimum Gasteiger partial charge on any atom is -0.378 e. The molecule has 2 aromatic heterocycles. The third-order valence-electron chi connectivity index (χ3n) is 4.99. The van der Waals surface area contributed by atoms with Crippen LogP contribution < -0.4 is 0 Å². The number of rotatable bonds is 3. The van der Waals surface area contributed by atoms with E-state index in [1.165, 1.54) is 0 Å². The molecule has 4 heterocycles. The van der Waals surface area contributed by atoms with Gasteiger partial charge in [0.25, 0.3) is 11.8 Å². The van der Waals surface area contributed by atoms with Gasteiger partial charge in [0, 0.05) is 45.5 Å². The molecule has 2 saturated heterocycles. The highest BCUT2D eigenvalue weighted by molar-refractivity contribution is 6.02. The van der Waals surface area contributed by atoms with Gasteiger partial charge in [0.1, 0.15) is 0 Å². The van der Waals surface area contributed by atoms with Gasteiger partial charge < -0.3 is 19.4 Å². The van der Waals surface area contributed by atoms with Gasteiger partial charge in [-0.05, 0) is 12.1 Å². The highest BCUT2D eigenvalue weighted by Gasteiger charge is 2.29. The molecule has 2 aliphatic heterocycles. The molecule has 0 aromatic carbocycles. The van der Waals surface area contributed by atoms with Crippen LogP contribution in [0.4, 0.5) is 0 Å². The Balaban J connectivity index is 1.64. The van der Waals surface area contributed by atoms with Gasteiger partial charge in [-0.3, -0.25) is 18.8 Å². The second-order valence-corrected chi connectivity index (χ2v) is 6.58. The van der Waals surface area contributed by atoms with Crippen molar-refractivity contribution in [3.8, 4) is 0 Å². The lowest BCUT2D eigenvalue weighted by molar-refractivity contribution is -0.119. The first kappa shape index (κ1) is 17.5. The number of carbonyl (C=O) groups excluding carboxylic acids is 3. The third kappa shape index (κ3) is 3.25. The van der Waals surface area contributed by atoms with Crippen molar-refractivity contribution < 1.29 is 19.1 Å². The lowest BCUT2D eigenvalue weighted by Crippen LogP contribution is -2.48. The Labute approximate surface area is 156 Å². The molecule has 0 radical (unpaired) electrons. The van der Waals surface area contributed by atoms with Gasteiger partial charge in [0.15, 0.2) is 5.69 Å². The van der Waals surface area contributed by atoms with E-state index in [2.05, 4.69) is 4.98 Å². The molecule has 4 rings (SSSR count). The number of carbonyl (C=O) groups is 3. The normalized spacial score (nSPS) is 18.0. The minimum absolute atomic E-state index is 0.204. The number of hydrogen-bond acceptors (Lipinski definition) is 5. The van der Waals surface area contributed by atoms with Gasteiger partial charge in [0.2, 0.25) is 12.2 Å². The first-order chi connectivity index (χ1) is 13.2. The van der Waals surface area contributed by atoms with Gasteiger partial charge in [-0.1, -0.05) is 6.07 Å². The topological polar surface area (TPSA) is 87.5 Å². The molecule has 0 unspecified atom stereocenters. The maximum Gasteiger partial charge on any atom is 0.290 e. The van der Waals surface area contributed by atoms with Gasteiger partial charge >= 0.3 is 0 Å². The fourth-order valence-electron chi connectivity index (χ4n) is 3.43. The molecule has 3 amide bonds. The van der Waals surface area contributed by atoms with Crippen LogP contribution in [0, 0.1) is 0 Å². The zero-order valence-corrected chi connectivity index (χ0v) is 14.9. The van der Waals surface area contributed by atoms with Crippen LogP contribution in [0.3, 0.4) is 0 Å². The molecule has 142 valence electrons. The third-order valence-corrected chi connectivity index (χ3v) is 4.99. The fraction of sp³-hybridized carbons (Fsp3) is 0.444. The number of amides is 3. The molecule has 0 N–H and O–H groups in total. The Morgan fingerprint density at radius 1 is 0.963 bits per heavy atom. The van der Waals surface area contributed by atoms with Crippen LogP contribution in [0.1, 0.15) is 21.1 Å². The number of ether oxygens (including phenoxy) is 1. The molecule has 0 atom stereocenters. The van der Waals surface area contributed by atoms with Crippen molar-refractivity contribution in [3.05, 3.63) is 35.9 Å². The van der Waals surface area contributed by atoms with E-state index in [1.54, 1.807) is 31.4 Å². The van der Waals surface area contributed by atoms with Crippen molar-refractivity contribution in [3.63, 3.8) is 0 Å². The Morgan fingerprint density at radius 3 is 2.37 bits per heavy atom. The predicted octanol–water partition coefficient (Wildman–Crippen LogP) is -0.279. The van der Waals surface area contributed by atoms with E-state index in [9.17, 15) is 14.4 Å². The number of nitrogens with zero attached hydrogens (tertiary/aromatic N) is 5. The number of fused-ring (bicyclic) bond motifs is 1. The van der Waals surface area contributed by atoms with E-state index in [-0.39, 0.29) is 23.3 Å². The monoisotopic (exact) mass is 371 g/mol. The van der Waals surface area contributed by atoms with E-state index in [4.69, 9.17) is 4.74 Å². The highest BCUT2D eigenvalue weighted by atomic mass is 16.5. The van der Waals surface area contributed by atoms with E-state index < -0.39 is 0 Å². The summed E-state index contributed by atoms with van der Waals surface area (Å²) in [7, 11) is 0. The van der Waals surface area contributed by atoms with E-state index in [0.717, 1.165) is 6.41 Å². The number of imidazole rings is 1. The number of aromatic nitrogens is 2. The second kappa shape index (κ2) is 7.36. The summed E-state index contributed by atoms with van der Waals surface area (Å²) in [6.07, 6.45) is 2.55. The SMILES string of the molecule is O=CN1CCN(C(=O)c2nc(C(=O)N3CCOCC3)n3ccccc23)CC1. The lowest BCUT2D eigenvalue weighted by atomic mass is 10.2. The summed E-state index contributed by atoms with van der Waals surface area (Å²) in [6.45, 7) is 3.94. The molecular formula is C18H21N5O4. The van der Waals surface area contributed by atoms with Crippen LogP contribution in [0.2, 0.25) is 0 Å². The predicted molar refractivity (Wildman–Crippen MR) is 95.5 cm³/mol. The number of hydrogen-bond donors (Lipinski definition) is 0. The number of pyridine rings is 1. The van der Waals surface area contributed by atoms with Gasteiger partial charge in [-0.25, -0.2) is 4.98 Å². The molecule has 2 fully saturated rings. The van der Waals surface area contributed by atoms with E-state index >= 15 is 0 Å². The largest absolute Gasteiger partial charge is 0.378 e. The standard InChI is InChI=1S/C18H21N5O4/c24-13-20-5-7-21(8-6-20)17(25)15-14-3-1-2-4-23(14)16(19-15)18(26)22-9-11-27-12-10-22/h1-4,13H,5-12H2. The quantitative estimate of drug-likeness (QED) is 0.693. The van der Waals surface area contributed by atoms with Crippen LogP contribution in [0.5, 0.6) is 0 Å². The van der Waals surface area contributed by atoms with Crippen molar-refractivity contribution in [2.24, 2.45) is 0 Å². The molecule has 0 bridgehead atoms. The number of piperazine rings is 1.